The highest BCUT2D eigenvalue weighted by Crippen LogP contribution is 2.10. The number of ether oxygens (including phenoxy) is 1. The first-order valence-electron chi connectivity index (χ1n) is 7.92. The maximum atomic E-state index is 10.5. The van der Waals surface area contributed by atoms with Gasteiger partial charge in [0.2, 0.25) is 0 Å². The van der Waals surface area contributed by atoms with E-state index in [0.29, 0.717) is 0 Å². The van der Waals surface area contributed by atoms with Crippen LogP contribution in [0.25, 0.3) is 0 Å². The second-order valence-corrected chi connectivity index (χ2v) is 5.14. The van der Waals surface area contributed by atoms with Crippen LogP contribution in [0.4, 0.5) is 0 Å². The van der Waals surface area contributed by atoms with E-state index in [1.807, 2.05) is 6.92 Å². The molecule has 0 rings (SSSR count). The Hall–Kier alpha value is -0.370. The molecule has 0 bridgehead atoms. The van der Waals surface area contributed by atoms with Gasteiger partial charge in [-0.1, -0.05) is 71.6 Å². The van der Waals surface area contributed by atoms with Crippen LogP contribution in [0.3, 0.4) is 0 Å². The van der Waals surface area contributed by atoms with Gasteiger partial charge in [-0.3, -0.25) is 0 Å². The van der Waals surface area contributed by atoms with E-state index in [0.717, 1.165) is 25.7 Å². The smallest absolute Gasteiger partial charge is 0.148 e. The van der Waals surface area contributed by atoms with Gasteiger partial charge in [-0.15, -0.1) is 0 Å². The molecule has 0 aromatic carbocycles. The van der Waals surface area contributed by atoms with Crippen molar-refractivity contribution in [3.05, 3.63) is 0 Å². The first-order valence-corrected chi connectivity index (χ1v) is 7.92. The second kappa shape index (κ2) is 14.7. The molecule has 2 heteroatoms. The van der Waals surface area contributed by atoms with Crippen molar-refractivity contribution >= 4 is 6.29 Å². The molecule has 0 N–H and O–H groups in total. The maximum absolute atomic E-state index is 10.5. The third-order valence-electron chi connectivity index (χ3n) is 3.38. The van der Waals surface area contributed by atoms with Crippen LogP contribution in [-0.4, -0.2) is 19.0 Å². The molecular weight excluding hydrogens is 224 g/mol. The fraction of sp³-hybridized carbons (Fsp3) is 0.938. The Balaban J connectivity index is 3.05. The Kier molecular flexibility index (Phi) is 14.4. The standard InChI is InChI=1S/C16H32O2/c1-3-5-6-7-8-9-10-11-12-13-14-18-16(4-2)15-17/h15-16H,3-14H2,1-2H3. The molecule has 0 radical (unpaired) electrons. The normalized spacial score (nSPS) is 12.6. The van der Waals surface area contributed by atoms with Gasteiger partial charge in [-0.25, -0.2) is 0 Å². The first kappa shape index (κ1) is 17.6. The summed E-state index contributed by atoms with van der Waals surface area (Å²) in [6.07, 6.45) is 14.9. The van der Waals surface area contributed by atoms with Crippen molar-refractivity contribution in [1.29, 1.82) is 0 Å². The molecule has 0 saturated heterocycles. The van der Waals surface area contributed by atoms with Crippen molar-refractivity contribution in [1.82, 2.24) is 0 Å². The average molecular weight is 256 g/mol. The molecule has 0 aromatic rings. The average Bonchev–Trinajstić information content (AvgIpc) is 2.40. The fourth-order valence-corrected chi connectivity index (χ4v) is 2.08. The van der Waals surface area contributed by atoms with Gasteiger partial charge in [0, 0.05) is 6.61 Å². The summed E-state index contributed by atoms with van der Waals surface area (Å²) in [7, 11) is 0. The van der Waals surface area contributed by atoms with Crippen LogP contribution >= 0.6 is 0 Å². The van der Waals surface area contributed by atoms with Gasteiger partial charge in [0.05, 0.1) is 0 Å². The number of hydrogen-bond acceptors (Lipinski definition) is 2. The molecule has 0 saturated carbocycles. The fourth-order valence-electron chi connectivity index (χ4n) is 2.08. The number of carbonyl (C=O) groups is 1. The van der Waals surface area contributed by atoms with E-state index in [4.69, 9.17) is 4.74 Å². The molecule has 0 heterocycles. The highest BCUT2D eigenvalue weighted by Gasteiger charge is 2.02. The predicted molar refractivity (Wildman–Crippen MR) is 77.9 cm³/mol. The lowest BCUT2D eigenvalue weighted by Crippen LogP contribution is -2.13. The van der Waals surface area contributed by atoms with Crippen LogP contribution in [0.5, 0.6) is 0 Å². The molecule has 1 unspecified atom stereocenters. The van der Waals surface area contributed by atoms with Crippen molar-refractivity contribution in [2.75, 3.05) is 6.61 Å². The minimum Gasteiger partial charge on any atom is -0.371 e. The Morgan fingerprint density at radius 3 is 1.78 bits per heavy atom. The van der Waals surface area contributed by atoms with Crippen LogP contribution in [0, 0.1) is 0 Å². The zero-order valence-electron chi connectivity index (χ0n) is 12.5. The lowest BCUT2D eigenvalue weighted by molar-refractivity contribution is -0.118. The molecule has 0 aliphatic heterocycles. The van der Waals surface area contributed by atoms with E-state index in [-0.39, 0.29) is 6.10 Å². The van der Waals surface area contributed by atoms with Gasteiger partial charge in [0.1, 0.15) is 12.4 Å². The largest absolute Gasteiger partial charge is 0.371 e. The quantitative estimate of drug-likeness (QED) is 0.326. The van der Waals surface area contributed by atoms with Gasteiger partial charge in [-0.2, -0.15) is 0 Å². The summed E-state index contributed by atoms with van der Waals surface area (Å²) in [5.74, 6) is 0. The maximum Gasteiger partial charge on any atom is 0.148 e. The third-order valence-corrected chi connectivity index (χ3v) is 3.38. The summed E-state index contributed by atoms with van der Waals surface area (Å²) in [5.41, 5.74) is 0. The van der Waals surface area contributed by atoms with E-state index in [1.165, 1.54) is 57.8 Å². The molecule has 1 atom stereocenters. The lowest BCUT2D eigenvalue weighted by Gasteiger charge is -2.08. The molecule has 2 nitrogen and oxygen atoms in total. The number of rotatable bonds is 14. The highest BCUT2D eigenvalue weighted by molar-refractivity contribution is 5.55. The van der Waals surface area contributed by atoms with Crippen LogP contribution in [0.15, 0.2) is 0 Å². The van der Waals surface area contributed by atoms with Gasteiger partial charge < -0.3 is 9.53 Å². The summed E-state index contributed by atoms with van der Waals surface area (Å²) >= 11 is 0. The van der Waals surface area contributed by atoms with E-state index < -0.39 is 0 Å². The van der Waals surface area contributed by atoms with Crippen molar-refractivity contribution in [3.63, 3.8) is 0 Å². The first-order chi connectivity index (χ1) is 8.85. The number of hydrogen-bond donors (Lipinski definition) is 0. The summed E-state index contributed by atoms with van der Waals surface area (Å²) in [4.78, 5) is 10.5. The molecule has 0 aromatic heterocycles. The molecular formula is C16H32O2. The molecule has 0 aliphatic carbocycles. The van der Waals surface area contributed by atoms with Crippen LogP contribution in [0.1, 0.15) is 84.5 Å². The summed E-state index contributed by atoms with van der Waals surface area (Å²) in [5, 5.41) is 0. The van der Waals surface area contributed by atoms with Gasteiger partial charge in [-0.05, 0) is 12.8 Å². The van der Waals surface area contributed by atoms with Gasteiger partial charge in [0.15, 0.2) is 0 Å². The van der Waals surface area contributed by atoms with E-state index >= 15 is 0 Å². The van der Waals surface area contributed by atoms with Crippen LogP contribution in [-0.2, 0) is 9.53 Å². The van der Waals surface area contributed by atoms with Crippen molar-refractivity contribution in [3.8, 4) is 0 Å². The van der Waals surface area contributed by atoms with Crippen LogP contribution in [0.2, 0.25) is 0 Å². The lowest BCUT2D eigenvalue weighted by atomic mass is 10.1. The second-order valence-electron chi connectivity index (χ2n) is 5.14. The monoisotopic (exact) mass is 256 g/mol. The van der Waals surface area contributed by atoms with Crippen LogP contribution < -0.4 is 0 Å². The van der Waals surface area contributed by atoms with E-state index in [9.17, 15) is 4.79 Å². The summed E-state index contributed by atoms with van der Waals surface area (Å²) in [6.45, 7) is 4.99. The van der Waals surface area contributed by atoms with E-state index in [2.05, 4.69) is 6.92 Å². The summed E-state index contributed by atoms with van der Waals surface area (Å²) in [6, 6.07) is 0. The molecule has 0 fully saturated rings. The highest BCUT2D eigenvalue weighted by atomic mass is 16.5. The van der Waals surface area contributed by atoms with Crippen molar-refractivity contribution in [2.45, 2.75) is 90.6 Å². The zero-order valence-corrected chi connectivity index (χ0v) is 12.5. The third kappa shape index (κ3) is 12.1. The molecule has 0 amide bonds. The van der Waals surface area contributed by atoms with E-state index in [1.54, 1.807) is 0 Å². The SMILES string of the molecule is CCCCCCCCCCCCOC(C=O)CC. The predicted octanol–water partition coefficient (Wildman–Crippen LogP) is 4.90. The van der Waals surface area contributed by atoms with Gasteiger partial charge in [0.25, 0.3) is 0 Å². The van der Waals surface area contributed by atoms with Crippen molar-refractivity contribution < 1.29 is 9.53 Å². The van der Waals surface area contributed by atoms with Gasteiger partial charge >= 0.3 is 0 Å². The molecule has 18 heavy (non-hydrogen) atoms. The summed E-state index contributed by atoms with van der Waals surface area (Å²) < 4.78 is 5.44. The minimum atomic E-state index is -0.177. The molecule has 0 aliphatic rings. The number of aldehydes is 1. The van der Waals surface area contributed by atoms with Crippen molar-refractivity contribution in [2.24, 2.45) is 0 Å². The zero-order chi connectivity index (χ0) is 13.5. The minimum absolute atomic E-state index is 0.177. The Morgan fingerprint density at radius 2 is 1.33 bits per heavy atom. The Morgan fingerprint density at radius 1 is 0.833 bits per heavy atom. The topological polar surface area (TPSA) is 26.3 Å². The number of carbonyl (C=O) groups excluding carboxylic acids is 1. The Labute approximate surface area is 113 Å². The molecule has 0 spiro atoms. The molecule has 108 valence electrons. The number of unbranched alkanes of at least 4 members (excludes halogenated alkanes) is 9. The Bertz CT molecular complexity index is 168.